The van der Waals surface area contributed by atoms with Crippen LogP contribution in [0.15, 0.2) is 24.3 Å². The lowest BCUT2D eigenvalue weighted by Gasteiger charge is -2.38. The van der Waals surface area contributed by atoms with Gasteiger partial charge in [-0.05, 0) is 43.7 Å². The highest BCUT2D eigenvalue weighted by molar-refractivity contribution is 5.46. The fourth-order valence-corrected chi connectivity index (χ4v) is 2.46. The van der Waals surface area contributed by atoms with Crippen LogP contribution in [0.1, 0.15) is 13.3 Å². The van der Waals surface area contributed by atoms with E-state index >= 15 is 0 Å². The van der Waals surface area contributed by atoms with Gasteiger partial charge in [0, 0.05) is 24.8 Å². The third-order valence-electron chi connectivity index (χ3n) is 3.47. The lowest BCUT2D eigenvalue weighted by atomic mass is 9.93. The molecule has 0 bridgehead atoms. The van der Waals surface area contributed by atoms with Crippen LogP contribution >= 0.6 is 0 Å². The Morgan fingerprint density at radius 2 is 2.00 bits per heavy atom. The van der Waals surface area contributed by atoms with Gasteiger partial charge in [-0.3, -0.25) is 0 Å². The number of anilines is 1. The summed E-state index contributed by atoms with van der Waals surface area (Å²) in [6, 6.07) is 7.40. The number of halogens is 1. The molecule has 1 saturated heterocycles. The van der Waals surface area contributed by atoms with E-state index in [0.29, 0.717) is 12.0 Å². The molecular weight excluding hydrogens is 203 g/mol. The minimum Gasteiger partial charge on any atom is -0.371 e. The van der Waals surface area contributed by atoms with Gasteiger partial charge < -0.3 is 10.2 Å². The summed E-state index contributed by atoms with van der Waals surface area (Å²) in [5.41, 5.74) is 1.13. The SMILES string of the molecule is CNC1CCN(c2ccc(F)cc2)CC1C. The molecule has 0 amide bonds. The monoisotopic (exact) mass is 222 g/mol. The van der Waals surface area contributed by atoms with Crippen molar-refractivity contribution < 1.29 is 4.39 Å². The van der Waals surface area contributed by atoms with Crippen molar-refractivity contribution in [2.75, 3.05) is 25.0 Å². The zero-order valence-corrected chi connectivity index (χ0v) is 9.91. The Bertz CT molecular complexity index is 336. The molecule has 0 spiro atoms. The lowest BCUT2D eigenvalue weighted by molar-refractivity contribution is 0.339. The molecule has 0 aliphatic carbocycles. The van der Waals surface area contributed by atoms with Gasteiger partial charge >= 0.3 is 0 Å². The van der Waals surface area contributed by atoms with Crippen molar-refractivity contribution in [3.8, 4) is 0 Å². The van der Waals surface area contributed by atoms with Gasteiger partial charge in [0.2, 0.25) is 0 Å². The van der Waals surface area contributed by atoms with Gasteiger partial charge in [0.25, 0.3) is 0 Å². The van der Waals surface area contributed by atoms with E-state index in [1.807, 2.05) is 19.2 Å². The highest BCUT2D eigenvalue weighted by Gasteiger charge is 2.24. The summed E-state index contributed by atoms with van der Waals surface area (Å²) in [6.45, 7) is 4.34. The average Bonchev–Trinajstić information content (AvgIpc) is 2.30. The Morgan fingerprint density at radius 1 is 1.31 bits per heavy atom. The van der Waals surface area contributed by atoms with E-state index in [4.69, 9.17) is 0 Å². The number of nitrogens with one attached hydrogen (secondary N) is 1. The molecule has 0 saturated carbocycles. The maximum Gasteiger partial charge on any atom is 0.123 e. The molecule has 2 rings (SSSR count). The molecule has 1 aliphatic heterocycles. The molecule has 2 atom stereocenters. The van der Waals surface area contributed by atoms with E-state index in [1.54, 1.807) is 0 Å². The Morgan fingerprint density at radius 3 is 2.56 bits per heavy atom. The second-order valence-corrected chi connectivity index (χ2v) is 4.58. The molecule has 3 heteroatoms. The minimum atomic E-state index is -0.165. The Balaban J connectivity index is 2.04. The zero-order valence-electron chi connectivity index (χ0n) is 9.91. The number of benzene rings is 1. The van der Waals surface area contributed by atoms with Gasteiger partial charge in [-0.1, -0.05) is 6.92 Å². The van der Waals surface area contributed by atoms with Gasteiger partial charge in [0.15, 0.2) is 0 Å². The third-order valence-corrected chi connectivity index (χ3v) is 3.47. The van der Waals surface area contributed by atoms with Gasteiger partial charge in [-0.2, -0.15) is 0 Å². The van der Waals surface area contributed by atoms with Crippen LogP contribution in [0.2, 0.25) is 0 Å². The number of rotatable bonds is 2. The van der Waals surface area contributed by atoms with Crippen LogP contribution in [0, 0.1) is 11.7 Å². The van der Waals surface area contributed by atoms with Crippen molar-refractivity contribution in [3.05, 3.63) is 30.1 Å². The van der Waals surface area contributed by atoms with Crippen molar-refractivity contribution in [3.63, 3.8) is 0 Å². The summed E-state index contributed by atoms with van der Waals surface area (Å²) in [5, 5.41) is 3.35. The topological polar surface area (TPSA) is 15.3 Å². The Kier molecular flexibility index (Phi) is 3.44. The summed E-state index contributed by atoms with van der Waals surface area (Å²) >= 11 is 0. The fourth-order valence-electron chi connectivity index (χ4n) is 2.46. The van der Waals surface area contributed by atoms with E-state index in [-0.39, 0.29) is 5.82 Å². The smallest absolute Gasteiger partial charge is 0.123 e. The normalized spacial score (nSPS) is 25.8. The van der Waals surface area contributed by atoms with Gasteiger partial charge in [-0.15, -0.1) is 0 Å². The average molecular weight is 222 g/mol. The van der Waals surface area contributed by atoms with Crippen molar-refractivity contribution in [2.24, 2.45) is 5.92 Å². The maximum absolute atomic E-state index is 12.8. The molecule has 0 aromatic heterocycles. The lowest BCUT2D eigenvalue weighted by Crippen LogP contribution is -2.47. The van der Waals surface area contributed by atoms with Crippen LogP contribution in [0.25, 0.3) is 0 Å². The summed E-state index contributed by atoms with van der Waals surface area (Å²) in [7, 11) is 2.02. The third kappa shape index (κ3) is 2.35. The second kappa shape index (κ2) is 4.83. The highest BCUT2D eigenvalue weighted by Crippen LogP contribution is 2.23. The van der Waals surface area contributed by atoms with E-state index in [1.165, 1.54) is 12.1 Å². The molecule has 16 heavy (non-hydrogen) atoms. The molecule has 2 unspecified atom stereocenters. The molecule has 1 fully saturated rings. The molecule has 1 N–H and O–H groups in total. The first kappa shape index (κ1) is 11.4. The van der Waals surface area contributed by atoms with Gasteiger partial charge in [0.05, 0.1) is 0 Å². The summed E-state index contributed by atoms with van der Waals surface area (Å²) in [4.78, 5) is 2.33. The largest absolute Gasteiger partial charge is 0.371 e. The van der Waals surface area contributed by atoms with Crippen LogP contribution in [0.4, 0.5) is 10.1 Å². The number of hydrogen-bond donors (Lipinski definition) is 1. The van der Waals surface area contributed by atoms with Crippen molar-refractivity contribution in [2.45, 2.75) is 19.4 Å². The predicted octanol–water partition coefficient (Wildman–Crippen LogP) is 2.26. The standard InChI is InChI=1S/C13H19FN2/c1-10-9-16(8-7-13(10)15-2)12-5-3-11(14)4-6-12/h3-6,10,13,15H,7-9H2,1-2H3. The summed E-state index contributed by atoms with van der Waals surface area (Å²) in [5.74, 6) is 0.464. The van der Waals surface area contributed by atoms with Crippen molar-refractivity contribution >= 4 is 5.69 Å². The number of piperidine rings is 1. The highest BCUT2D eigenvalue weighted by atomic mass is 19.1. The zero-order chi connectivity index (χ0) is 11.5. The maximum atomic E-state index is 12.8. The molecular formula is C13H19FN2. The summed E-state index contributed by atoms with van der Waals surface area (Å²) in [6.07, 6.45) is 1.15. The number of nitrogens with zero attached hydrogens (tertiary/aromatic N) is 1. The second-order valence-electron chi connectivity index (χ2n) is 4.58. The first-order chi connectivity index (χ1) is 7.70. The van der Waals surface area contributed by atoms with Crippen LogP contribution in [0.5, 0.6) is 0 Å². The minimum absolute atomic E-state index is 0.165. The van der Waals surface area contributed by atoms with Crippen LogP contribution in [-0.2, 0) is 0 Å². The first-order valence-corrected chi connectivity index (χ1v) is 5.88. The molecule has 0 radical (unpaired) electrons. The van der Waals surface area contributed by atoms with Crippen molar-refractivity contribution in [1.82, 2.24) is 5.32 Å². The van der Waals surface area contributed by atoms with Crippen molar-refractivity contribution in [1.29, 1.82) is 0 Å². The quantitative estimate of drug-likeness (QED) is 0.825. The Hall–Kier alpha value is -1.09. The van der Waals surface area contributed by atoms with Crippen LogP contribution < -0.4 is 10.2 Å². The van der Waals surface area contributed by atoms with E-state index < -0.39 is 0 Å². The molecule has 1 aromatic carbocycles. The van der Waals surface area contributed by atoms with Crippen LogP contribution in [-0.4, -0.2) is 26.2 Å². The van der Waals surface area contributed by atoms with E-state index in [2.05, 4.69) is 17.1 Å². The molecule has 1 aliphatic rings. The van der Waals surface area contributed by atoms with Gasteiger partial charge in [0.1, 0.15) is 5.82 Å². The predicted molar refractivity (Wildman–Crippen MR) is 65.2 cm³/mol. The van der Waals surface area contributed by atoms with Crippen LogP contribution in [0.3, 0.4) is 0 Å². The number of hydrogen-bond acceptors (Lipinski definition) is 2. The van der Waals surface area contributed by atoms with E-state index in [9.17, 15) is 4.39 Å². The first-order valence-electron chi connectivity index (χ1n) is 5.88. The fraction of sp³-hybridized carbons (Fsp3) is 0.538. The molecule has 2 nitrogen and oxygen atoms in total. The van der Waals surface area contributed by atoms with Gasteiger partial charge in [-0.25, -0.2) is 4.39 Å². The Labute approximate surface area is 96.5 Å². The summed E-state index contributed by atoms with van der Waals surface area (Å²) < 4.78 is 12.8. The molecule has 88 valence electrons. The molecule has 1 aromatic rings. The van der Waals surface area contributed by atoms with E-state index in [0.717, 1.165) is 25.2 Å². The molecule has 1 heterocycles.